The third kappa shape index (κ3) is 10.2. The number of carbonyl (C=O) groups excluding carboxylic acids is 3. The van der Waals surface area contributed by atoms with Crippen molar-refractivity contribution in [2.45, 2.75) is 77.5 Å². The molecule has 0 bridgehead atoms. The van der Waals surface area contributed by atoms with Crippen LogP contribution in [0.3, 0.4) is 0 Å². The summed E-state index contributed by atoms with van der Waals surface area (Å²) in [7, 11) is 1.31. The maximum atomic E-state index is 14.7. The van der Waals surface area contributed by atoms with Crippen molar-refractivity contribution in [3.8, 4) is 6.07 Å². The third-order valence-electron chi connectivity index (χ3n) is 5.35. The van der Waals surface area contributed by atoms with Crippen LogP contribution >= 0.6 is 0 Å². The zero-order chi connectivity index (χ0) is 28.5. The average molecular weight is 527 g/mol. The maximum Gasteiger partial charge on any atom is 0.410 e. The van der Waals surface area contributed by atoms with Crippen LogP contribution in [-0.2, 0) is 36.8 Å². The van der Waals surface area contributed by atoms with Crippen molar-refractivity contribution in [1.29, 1.82) is 5.26 Å². The summed E-state index contributed by atoms with van der Waals surface area (Å²) in [6.07, 6.45) is -2.65. The molecule has 0 saturated heterocycles. The van der Waals surface area contributed by atoms with Crippen LogP contribution in [0.15, 0.2) is 54.6 Å². The van der Waals surface area contributed by atoms with Crippen molar-refractivity contribution in [3.05, 3.63) is 71.3 Å². The molecule has 0 heterocycles. The first-order valence-electron chi connectivity index (χ1n) is 12.2. The second kappa shape index (κ2) is 13.0. The van der Waals surface area contributed by atoms with E-state index in [9.17, 15) is 18.8 Å². The van der Waals surface area contributed by atoms with Gasteiger partial charge < -0.3 is 14.2 Å². The molecular formula is C29H35FN2O6. The summed E-state index contributed by atoms with van der Waals surface area (Å²) >= 11 is 0. The SMILES string of the molecule is CN(C(=O)OC(C)(C)C)[C@@H](CC(C)(C)F)C(=O)OC(Cc1ccc(C#N)cc1)C(=O)OCc1ccccc1. The van der Waals surface area contributed by atoms with E-state index in [0.29, 0.717) is 11.1 Å². The van der Waals surface area contributed by atoms with Gasteiger partial charge in [0.15, 0.2) is 0 Å². The quantitative estimate of drug-likeness (QED) is 0.312. The highest BCUT2D eigenvalue weighted by Gasteiger charge is 2.38. The number of rotatable bonds is 10. The second-order valence-electron chi connectivity index (χ2n) is 10.6. The zero-order valence-corrected chi connectivity index (χ0v) is 22.7. The molecule has 9 heteroatoms. The second-order valence-corrected chi connectivity index (χ2v) is 10.6. The van der Waals surface area contributed by atoms with E-state index in [1.807, 2.05) is 12.1 Å². The highest BCUT2D eigenvalue weighted by Crippen LogP contribution is 2.23. The number of nitrogens with zero attached hydrogens (tertiary/aromatic N) is 2. The van der Waals surface area contributed by atoms with Gasteiger partial charge in [-0.1, -0.05) is 42.5 Å². The molecule has 2 aromatic rings. The van der Waals surface area contributed by atoms with Crippen molar-refractivity contribution < 1.29 is 33.0 Å². The topological polar surface area (TPSA) is 106 Å². The number of likely N-dealkylation sites (N-methyl/N-ethyl adjacent to an activating group) is 1. The van der Waals surface area contributed by atoms with Gasteiger partial charge in [-0.2, -0.15) is 5.26 Å². The molecule has 2 aromatic carbocycles. The minimum absolute atomic E-state index is 0.0418. The number of carbonyl (C=O) groups is 3. The van der Waals surface area contributed by atoms with Crippen LogP contribution in [0.2, 0.25) is 0 Å². The van der Waals surface area contributed by atoms with Gasteiger partial charge in [0.05, 0.1) is 11.6 Å². The minimum Gasteiger partial charge on any atom is -0.458 e. The van der Waals surface area contributed by atoms with Crippen molar-refractivity contribution in [2.75, 3.05) is 7.05 Å². The van der Waals surface area contributed by atoms with E-state index in [2.05, 4.69) is 0 Å². The Hall–Kier alpha value is -3.93. The molecular weight excluding hydrogens is 491 g/mol. The minimum atomic E-state index is -1.84. The number of esters is 2. The molecule has 0 aliphatic carbocycles. The number of benzene rings is 2. The predicted octanol–water partition coefficient (Wildman–Crippen LogP) is 5.13. The van der Waals surface area contributed by atoms with Gasteiger partial charge in [0.25, 0.3) is 0 Å². The van der Waals surface area contributed by atoms with Crippen molar-refractivity contribution >= 4 is 18.0 Å². The molecule has 204 valence electrons. The van der Waals surface area contributed by atoms with Gasteiger partial charge in [0.1, 0.15) is 23.9 Å². The molecule has 0 fully saturated rings. The van der Waals surface area contributed by atoms with Crippen LogP contribution < -0.4 is 0 Å². The standard InChI is InChI=1S/C29H35FN2O6/c1-28(2,3)38-27(35)32(6)23(17-29(4,5)30)25(33)37-24(16-20-12-14-21(18-31)15-13-20)26(34)36-19-22-10-8-7-9-11-22/h7-15,23-24H,16-17,19H2,1-6H3/t23-,24?/m0/s1. The van der Waals surface area contributed by atoms with E-state index in [4.69, 9.17) is 19.5 Å². The molecule has 0 aliphatic rings. The molecule has 1 unspecified atom stereocenters. The Labute approximate surface area is 223 Å². The Morgan fingerprint density at radius 2 is 1.55 bits per heavy atom. The largest absolute Gasteiger partial charge is 0.458 e. The van der Waals surface area contributed by atoms with Crippen LogP contribution in [0.5, 0.6) is 0 Å². The number of halogens is 1. The normalized spacial score (nSPS) is 13.0. The summed E-state index contributed by atoms with van der Waals surface area (Å²) in [5.41, 5.74) is -0.897. The van der Waals surface area contributed by atoms with E-state index >= 15 is 0 Å². The van der Waals surface area contributed by atoms with Crippen LogP contribution in [-0.4, -0.2) is 53.4 Å². The maximum absolute atomic E-state index is 14.7. The van der Waals surface area contributed by atoms with Gasteiger partial charge in [0.2, 0.25) is 6.10 Å². The Morgan fingerprint density at radius 3 is 2.08 bits per heavy atom. The summed E-state index contributed by atoms with van der Waals surface area (Å²) in [6, 6.07) is 16.1. The third-order valence-corrected chi connectivity index (χ3v) is 5.35. The molecule has 2 atom stereocenters. The molecule has 0 aliphatic heterocycles. The van der Waals surface area contributed by atoms with Crippen LogP contribution in [0, 0.1) is 11.3 Å². The molecule has 2 rings (SSSR count). The average Bonchev–Trinajstić information content (AvgIpc) is 2.84. The monoisotopic (exact) mass is 526 g/mol. The highest BCUT2D eigenvalue weighted by atomic mass is 19.1. The van der Waals surface area contributed by atoms with Crippen molar-refractivity contribution in [2.24, 2.45) is 0 Å². The Balaban J connectivity index is 2.29. The highest BCUT2D eigenvalue weighted by molar-refractivity contribution is 5.85. The number of hydrogen-bond acceptors (Lipinski definition) is 7. The molecule has 1 amide bonds. The van der Waals surface area contributed by atoms with E-state index < -0.39 is 41.4 Å². The number of ether oxygens (including phenoxy) is 3. The molecule has 0 radical (unpaired) electrons. The number of alkyl halides is 1. The Morgan fingerprint density at radius 1 is 0.947 bits per heavy atom. The summed E-state index contributed by atoms with van der Waals surface area (Å²) in [5, 5.41) is 9.05. The fourth-order valence-corrected chi connectivity index (χ4v) is 3.44. The number of nitriles is 1. The van der Waals surface area contributed by atoms with Gasteiger partial charge in [-0.15, -0.1) is 0 Å². The lowest BCUT2D eigenvalue weighted by Crippen LogP contribution is -2.49. The van der Waals surface area contributed by atoms with Crippen LogP contribution in [0.4, 0.5) is 9.18 Å². The smallest absolute Gasteiger partial charge is 0.410 e. The summed E-state index contributed by atoms with van der Waals surface area (Å²) < 4.78 is 31.0. The summed E-state index contributed by atoms with van der Waals surface area (Å²) in [4.78, 5) is 40.0. The molecule has 38 heavy (non-hydrogen) atoms. The number of amides is 1. The summed E-state index contributed by atoms with van der Waals surface area (Å²) in [5.74, 6) is -1.77. The van der Waals surface area contributed by atoms with E-state index in [-0.39, 0.29) is 19.4 Å². The van der Waals surface area contributed by atoms with Gasteiger partial charge in [0, 0.05) is 19.9 Å². The molecule has 8 nitrogen and oxygen atoms in total. The lowest BCUT2D eigenvalue weighted by Gasteiger charge is -2.32. The fourth-order valence-electron chi connectivity index (χ4n) is 3.44. The zero-order valence-electron chi connectivity index (χ0n) is 22.7. The molecule has 0 N–H and O–H groups in total. The van der Waals surface area contributed by atoms with Crippen LogP contribution in [0.1, 0.15) is 57.7 Å². The van der Waals surface area contributed by atoms with Crippen molar-refractivity contribution in [3.63, 3.8) is 0 Å². The lowest BCUT2D eigenvalue weighted by atomic mass is 10.00. The van der Waals surface area contributed by atoms with Gasteiger partial charge in [-0.25, -0.2) is 18.8 Å². The first-order valence-corrected chi connectivity index (χ1v) is 12.2. The Kier molecular flexibility index (Phi) is 10.4. The predicted molar refractivity (Wildman–Crippen MR) is 139 cm³/mol. The van der Waals surface area contributed by atoms with Gasteiger partial charge >= 0.3 is 18.0 Å². The van der Waals surface area contributed by atoms with Crippen LogP contribution in [0.25, 0.3) is 0 Å². The fraction of sp³-hybridized carbons (Fsp3) is 0.448. The first kappa shape index (κ1) is 30.3. The van der Waals surface area contributed by atoms with E-state index in [1.54, 1.807) is 69.3 Å². The molecule has 0 spiro atoms. The van der Waals surface area contributed by atoms with Gasteiger partial charge in [-0.3, -0.25) is 4.90 Å². The van der Waals surface area contributed by atoms with E-state index in [1.165, 1.54) is 20.9 Å². The van der Waals surface area contributed by atoms with E-state index in [0.717, 1.165) is 10.5 Å². The van der Waals surface area contributed by atoms with Crippen molar-refractivity contribution in [1.82, 2.24) is 4.90 Å². The number of hydrogen-bond donors (Lipinski definition) is 0. The van der Waals surface area contributed by atoms with Gasteiger partial charge in [-0.05, 0) is 57.9 Å². The molecule has 0 aromatic heterocycles. The lowest BCUT2D eigenvalue weighted by molar-refractivity contribution is -0.172. The first-order chi connectivity index (χ1) is 17.7. The Bertz CT molecular complexity index is 1130. The molecule has 0 saturated carbocycles. The summed E-state index contributed by atoms with van der Waals surface area (Å²) in [6.45, 7) is 7.52.